The number of rotatable bonds is 3. The van der Waals surface area contributed by atoms with Gasteiger partial charge in [0.2, 0.25) is 0 Å². The van der Waals surface area contributed by atoms with E-state index in [1.54, 1.807) is 6.20 Å². The van der Waals surface area contributed by atoms with Crippen molar-refractivity contribution in [1.82, 2.24) is 9.97 Å². The Hall–Kier alpha value is -2.26. The number of nitrogens with two attached hydrogens (primary N) is 1. The molecule has 0 spiro atoms. The van der Waals surface area contributed by atoms with Gasteiger partial charge >= 0.3 is 0 Å². The van der Waals surface area contributed by atoms with E-state index >= 15 is 0 Å². The Morgan fingerprint density at radius 2 is 1.89 bits per heavy atom. The zero-order chi connectivity index (χ0) is 13.1. The van der Waals surface area contributed by atoms with Crippen molar-refractivity contribution < 1.29 is 0 Å². The van der Waals surface area contributed by atoms with Crippen LogP contribution in [0.3, 0.4) is 0 Å². The molecule has 94 valence electrons. The molecule has 2 aromatic heterocycles. The van der Waals surface area contributed by atoms with Crippen molar-refractivity contribution >= 4 is 10.8 Å². The molecule has 0 saturated heterocycles. The van der Waals surface area contributed by atoms with Crippen LogP contribution in [0.1, 0.15) is 17.3 Å². The minimum atomic E-state index is -0.115. The van der Waals surface area contributed by atoms with Gasteiger partial charge in [0.1, 0.15) is 0 Å². The van der Waals surface area contributed by atoms with Crippen LogP contribution in [0, 0.1) is 0 Å². The SMILES string of the molecule is NC(Cc1cccnc1)c1nccc2ccccc12. The molecule has 3 aromatic rings. The molecule has 1 aromatic carbocycles. The molecule has 0 fully saturated rings. The third-order valence-corrected chi connectivity index (χ3v) is 3.23. The summed E-state index contributed by atoms with van der Waals surface area (Å²) in [6.45, 7) is 0. The van der Waals surface area contributed by atoms with Crippen molar-refractivity contribution in [1.29, 1.82) is 0 Å². The van der Waals surface area contributed by atoms with E-state index in [0.717, 1.165) is 23.1 Å². The standard InChI is InChI=1S/C16H15N3/c17-15(10-12-4-3-8-18-11-12)16-14-6-2-1-5-13(14)7-9-19-16/h1-9,11,15H,10,17H2. The van der Waals surface area contributed by atoms with Crippen LogP contribution in [-0.4, -0.2) is 9.97 Å². The Kier molecular flexibility index (Phi) is 3.21. The number of pyridine rings is 2. The first kappa shape index (κ1) is 11.8. The molecule has 2 N–H and O–H groups in total. The fraction of sp³-hybridized carbons (Fsp3) is 0.125. The second kappa shape index (κ2) is 5.16. The molecule has 0 aliphatic rings. The maximum atomic E-state index is 6.30. The average molecular weight is 249 g/mol. The lowest BCUT2D eigenvalue weighted by Gasteiger charge is -2.13. The first-order valence-electron chi connectivity index (χ1n) is 6.33. The molecule has 0 saturated carbocycles. The maximum absolute atomic E-state index is 6.30. The Bertz CT molecular complexity index is 674. The fourth-order valence-electron chi connectivity index (χ4n) is 2.31. The number of fused-ring (bicyclic) bond motifs is 1. The molecule has 0 aliphatic carbocycles. The number of benzene rings is 1. The van der Waals surface area contributed by atoms with Gasteiger partial charge in [-0.3, -0.25) is 9.97 Å². The first-order valence-corrected chi connectivity index (χ1v) is 6.33. The minimum absolute atomic E-state index is 0.115. The van der Waals surface area contributed by atoms with Gasteiger partial charge in [0, 0.05) is 24.0 Å². The van der Waals surface area contributed by atoms with Crippen molar-refractivity contribution in [2.75, 3.05) is 0 Å². The summed E-state index contributed by atoms with van der Waals surface area (Å²) in [6, 6.07) is 14.1. The van der Waals surface area contributed by atoms with Gasteiger partial charge in [-0.1, -0.05) is 30.3 Å². The summed E-state index contributed by atoms with van der Waals surface area (Å²) in [7, 11) is 0. The Morgan fingerprint density at radius 1 is 1.00 bits per heavy atom. The van der Waals surface area contributed by atoms with Crippen molar-refractivity contribution in [2.24, 2.45) is 5.73 Å². The van der Waals surface area contributed by atoms with Crippen LogP contribution in [0.25, 0.3) is 10.8 Å². The normalized spacial score (nSPS) is 12.5. The minimum Gasteiger partial charge on any atom is -0.322 e. The third kappa shape index (κ3) is 2.46. The summed E-state index contributed by atoms with van der Waals surface area (Å²) in [6.07, 6.45) is 6.19. The van der Waals surface area contributed by atoms with Gasteiger partial charge < -0.3 is 5.73 Å². The van der Waals surface area contributed by atoms with Gasteiger partial charge in [-0.15, -0.1) is 0 Å². The van der Waals surface area contributed by atoms with E-state index < -0.39 is 0 Å². The van der Waals surface area contributed by atoms with Crippen LogP contribution in [0.2, 0.25) is 0 Å². The predicted octanol–water partition coefficient (Wildman–Crippen LogP) is 2.87. The summed E-state index contributed by atoms with van der Waals surface area (Å²) >= 11 is 0. The highest BCUT2D eigenvalue weighted by molar-refractivity contribution is 5.84. The Balaban J connectivity index is 1.96. The number of nitrogens with zero attached hydrogens (tertiary/aromatic N) is 2. The average Bonchev–Trinajstić information content (AvgIpc) is 2.47. The monoisotopic (exact) mass is 249 g/mol. The van der Waals surface area contributed by atoms with Crippen molar-refractivity contribution in [2.45, 2.75) is 12.5 Å². The van der Waals surface area contributed by atoms with Crippen LogP contribution >= 0.6 is 0 Å². The van der Waals surface area contributed by atoms with Gasteiger partial charge in [0.25, 0.3) is 0 Å². The zero-order valence-electron chi connectivity index (χ0n) is 10.5. The van der Waals surface area contributed by atoms with Gasteiger partial charge in [0.05, 0.1) is 11.7 Å². The second-order valence-electron chi connectivity index (χ2n) is 4.59. The summed E-state index contributed by atoms with van der Waals surface area (Å²) in [5, 5.41) is 2.30. The molecule has 3 nitrogen and oxygen atoms in total. The summed E-state index contributed by atoms with van der Waals surface area (Å²) < 4.78 is 0. The molecule has 19 heavy (non-hydrogen) atoms. The highest BCUT2D eigenvalue weighted by atomic mass is 14.8. The Morgan fingerprint density at radius 3 is 2.74 bits per heavy atom. The van der Waals surface area contributed by atoms with Gasteiger partial charge in [-0.2, -0.15) is 0 Å². The van der Waals surface area contributed by atoms with Crippen LogP contribution in [0.4, 0.5) is 0 Å². The lowest BCUT2D eigenvalue weighted by atomic mass is 10.0. The largest absolute Gasteiger partial charge is 0.322 e. The molecular weight excluding hydrogens is 234 g/mol. The summed E-state index contributed by atoms with van der Waals surface area (Å²) in [5.74, 6) is 0. The molecule has 0 aliphatic heterocycles. The smallest absolute Gasteiger partial charge is 0.0652 e. The highest BCUT2D eigenvalue weighted by Gasteiger charge is 2.11. The van der Waals surface area contributed by atoms with Crippen LogP contribution in [-0.2, 0) is 6.42 Å². The molecule has 0 radical (unpaired) electrons. The van der Waals surface area contributed by atoms with Crippen molar-refractivity contribution in [3.05, 3.63) is 72.3 Å². The van der Waals surface area contributed by atoms with Crippen molar-refractivity contribution in [3.63, 3.8) is 0 Å². The lowest BCUT2D eigenvalue weighted by molar-refractivity contribution is 0.702. The van der Waals surface area contributed by atoms with Crippen LogP contribution in [0.5, 0.6) is 0 Å². The van der Waals surface area contributed by atoms with Gasteiger partial charge in [0.15, 0.2) is 0 Å². The van der Waals surface area contributed by atoms with E-state index in [1.807, 2.05) is 42.7 Å². The molecule has 1 unspecified atom stereocenters. The van der Waals surface area contributed by atoms with E-state index in [-0.39, 0.29) is 6.04 Å². The van der Waals surface area contributed by atoms with E-state index in [4.69, 9.17) is 5.73 Å². The lowest BCUT2D eigenvalue weighted by Crippen LogP contribution is -2.15. The summed E-state index contributed by atoms with van der Waals surface area (Å²) in [4.78, 5) is 8.58. The molecule has 3 rings (SSSR count). The maximum Gasteiger partial charge on any atom is 0.0652 e. The van der Waals surface area contributed by atoms with Crippen molar-refractivity contribution in [3.8, 4) is 0 Å². The molecular formula is C16H15N3. The zero-order valence-corrected chi connectivity index (χ0v) is 10.5. The number of aromatic nitrogens is 2. The number of hydrogen-bond donors (Lipinski definition) is 1. The fourth-order valence-corrected chi connectivity index (χ4v) is 2.31. The first-order chi connectivity index (χ1) is 9.34. The third-order valence-electron chi connectivity index (χ3n) is 3.23. The van der Waals surface area contributed by atoms with Gasteiger partial charge in [-0.25, -0.2) is 0 Å². The molecule has 0 bridgehead atoms. The van der Waals surface area contributed by atoms with E-state index in [0.29, 0.717) is 0 Å². The number of hydrogen-bond acceptors (Lipinski definition) is 3. The Labute approximate surface area is 112 Å². The van der Waals surface area contributed by atoms with E-state index in [2.05, 4.69) is 22.1 Å². The van der Waals surface area contributed by atoms with Crippen LogP contribution in [0.15, 0.2) is 61.1 Å². The topological polar surface area (TPSA) is 51.8 Å². The van der Waals surface area contributed by atoms with Gasteiger partial charge in [-0.05, 0) is 29.5 Å². The second-order valence-corrected chi connectivity index (χ2v) is 4.59. The predicted molar refractivity (Wildman–Crippen MR) is 76.6 cm³/mol. The summed E-state index contributed by atoms with van der Waals surface area (Å²) in [5.41, 5.74) is 8.38. The molecule has 2 heterocycles. The van der Waals surface area contributed by atoms with E-state index in [9.17, 15) is 0 Å². The highest BCUT2D eigenvalue weighted by Crippen LogP contribution is 2.22. The van der Waals surface area contributed by atoms with E-state index in [1.165, 1.54) is 5.39 Å². The van der Waals surface area contributed by atoms with Crippen LogP contribution < -0.4 is 5.73 Å². The molecule has 3 heteroatoms. The quantitative estimate of drug-likeness (QED) is 0.776. The molecule has 0 amide bonds. The molecule has 1 atom stereocenters.